The van der Waals surface area contributed by atoms with Crippen LogP contribution in [-0.4, -0.2) is 18.6 Å². The van der Waals surface area contributed by atoms with Crippen LogP contribution in [0, 0.1) is 5.92 Å². The summed E-state index contributed by atoms with van der Waals surface area (Å²) in [5, 5.41) is 2.82. The first-order chi connectivity index (χ1) is 9.08. The summed E-state index contributed by atoms with van der Waals surface area (Å²) in [5.74, 6) is 0.842. The largest absolute Gasteiger partial charge is 0.494 e. The van der Waals surface area contributed by atoms with Gasteiger partial charge in [-0.15, -0.1) is 0 Å². The molecule has 0 unspecified atom stereocenters. The first-order valence-electron chi connectivity index (χ1n) is 6.87. The van der Waals surface area contributed by atoms with Gasteiger partial charge in [0, 0.05) is 5.69 Å². The summed E-state index contributed by atoms with van der Waals surface area (Å²) in [6.07, 6.45) is 1.86. The van der Waals surface area contributed by atoms with E-state index in [1.807, 2.05) is 38.1 Å². The van der Waals surface area contributed by atoms with Crippen LogP contribution in [0.25, 0.3) is 0 Å². The third-order valence-corrected chi connectivity index (χ3v) is 3.15. The zero-order chi connectivity index (χ0) is 14.3. The maximum absolute atomic E-state index is 11.9. The zero-order valence-corrected chi connectivity index (χ0v) is 12.0. The van der Waals surface area contributed by atoms with E-state index < -0.39 is 6.04 Å². The normalized spacial score (nSPS) is 13.7. The minimum absolute atomic E-state index is 0.142. The molecule has 2 atom stereocenters. The van der Waals surface area contributed by atoms with E-state index in [0.29, 0.717) is 6.61 Å². The lowest BCUT2D eigenvalue weighted by Crippen LogP contribution is -2.40. The number of hydrogen-bond acceptors (Lipinski definition) is 3. The zero-order valence-electron chi connectivity index (χ0n) is 12.0. The van der Waals surface area contributed by atoms with Gasteiger partial charge >= 0.3 is 0 Å². The van der Waals surface area contributed by atoms with E-state index in [0.717, 1.165) is 24.3 Å². The lowest BCUT2D eigenvalue weighted by molar-refractivity contribution is -0.118. The van der Waals surface area contributed by atoms with E-state index in [2.05, 4.69) is 12.2 Å². The maximum atomic E-state index is 11.9. The Morgan fingerprint density at radius 2 is 1.95 bits per heavy atom. The molecule has 0 saturated carbocycles. The van der Waals surface area contributed by atoms with Gasteiger partial charge in [0.05, 0.1) is 12.6 Å². The van der Waals surface area contributed by atoms with Crippen molar-refractivity contribution < 1.29 is 9.53 Å². The summed E-state index contributed by atoms with van der Waals surface area (Å²) in [6, 6.07) is 6.87. The number of carbonyl (C=O) groups excluding carboxylic acids is 1. The number of carbonyl (C=O) groups is 1. The lowest BCUT2D eigenvalue weighted by atomic mass is 9.99. The quantitative estimate of drug-likeness (QED) is 0.796. The Bertz CT molecular complexity index is 390. The molecule has 4 heteroatoms. The van der Waals surface area contributed by atoms with Crippen LogP contribution in [0.15, 0.2) is 24.3 Å². The van der Waals surface area contributed by atoms with Crippen molar-refractivity contribution in [2.75, 3.05) is 11.9 Å². The van der Waals surface area contributed by atoms with Crippen molar-refractivity contribution in [2.24, 2.45) is 11.7 Å². The monoisotopic (exact) mass is 264 g/mol. The number of hydrogen-bond donors (Lipinski definition) is 2. The van der Waals surface area contributed by atoms with Gasteiger partial charge in [0.25, 0.3) is 0 Å². The van der Waals surface area contributed by atoms with Crippen molar-refractivity contribution in [3.63, 3.8) is 0 Å². The number of amides is 1. The van der Waals surface area contributed by atoms with Crippen LogP contribution in [0.2, 0.25) is 0 Å². The fourth-order valence-electron chi connectivity index (χ4n) is 1.59. The number of nitrogens with one attached hydrogen (secondary N) is 1. The molecule has 0 aliphatic carbocycles. The van der Waals surface area contributed by atoms with Crippen LogP contribution in [0.5, 0.6) is 5.75 Å². The molecular formula is C15H24N2O2. The van der Waals surface area contributed by atoms with Gasteiger partial charge < -0.3 is 15.8 Å². The molecule has 0 bridgehead atoms. The Balaban J connectivity index is 2.55. The molecule has 0 saturated heterocycles. The van der Waals surface area contributed by atoms with Gasteiger partial charge in [0.15, 0.2) is 0 Å². The molecule has 1 amide bonds. The summed E-state index contributed by atoms with van der Waals surface area (Å²) in [6.45, 7) is 6.76. The van der Waals surface area contributed by atoms with Crippen molar-refractivity contribution in [1.29, 1.82) is 0 Å². The van der Waals surface area contributed by atoms with Crippen molar-refractivity contribution >= 4 is 11.6 Å². The second-order valence-electron chi connectivity index (χ2n) is 4.77. The van der Waals surface area contributed by atoms with Crippen LogP contribution in [0.4, 0.5) is 5.69 Å². The predicted molar refractivity (Wildman–Crippen MR) is 78.3 cm³/mol. The lowest BCUT2D eigenvalue weighted by Gasteiger charge is -2.17. The topological polar surface area (TPSA) is 64.3 Å². The minimum Gasteiger partial charge on any atom is -0.494 e. The number of rotatable bonds is 7. The fraction of sp³-hybridized carbons (Fsp3) is 0.533. The fourth-order valence-corrected chi connectivity index (χ4v) is 1.59. The number of anilines is 1. The second kappa shape index (κ2) is 7.79. The van der Waals surface area contributed by atoms with Crippen LogP contribution >= 0.6 is 0 Å². The van der Waals surface area contributed by atoms with Gasteiger partial charge in [-0.1, -0.05) is 27.2 Å². The van der Waals surface area contributed by atoms with E-state index >= 15 is 0 Å². The highest BCUT2D eigenvalue weighted by Crippen LogP contribution is 2.16. The van der Waals surface area contributed by atoms with E-state index in [4.69, 9.17) is 10.5 Å². The second-order valence-corrected chi connectivity index (χ2v) is 4.77. The summed E-state index contributed by atoms with van der Waals surface area (Å²) < 4.78 is 5.48. The highest BCUT2D eigenvalue weighted by Gasteiger charge is 2.19. The molecule has 0 aliphatic heterocycles. The average Bonchev–Trinajstić information content (AvgIpc) is 2.44. The van der Waals surface area contributed by atoms with E-state index in [1.54, 1.807) is 0 Å². The minimum atomic E-state index is -0.471. The SMILES string of the molecule is CCCOc1ccc(NC(=O)[C@@H](N)[C@@H](C)CC)cc1. The third-order valence-electron chi connectivity index (χ3n) is 3.15. The van der Waals surface area contributed by atoms with Gasteiger partial charge in [0.1, 0.15) is 5.75 Å². The van der Waals surface area contributed by atoms with Crippen LogP contribution in [0.1, 0.15) is 33.6 Å². The van der Waals surface area contributed by atoms with E-state index in [1.165, 1.54) is 0 Å². The standard InChI is InChI=1S/C15H24N2O2/c1-4-10-19-13-8-6-12(7-9-13)17-15(18)14(16)11(3)5-2/h6-9,11,14H,4-5,10,16H2,1-3H3,(H,17,18)/t11-,14-/m0/s1. The molecule has 0 aromatic heterocycles. The average molecular weight is 264 g/mol. The smallest absolute Gasteiger partial charge is 0.241 e. The Labute approximate surface area is 115 Å². The first kappa shape index (κ1) is 15.5. The Morgan fingerprint density at radius 1 is 1.32 bits per heavy atom. The number of nitrogens with two attached hydrogens (primary N) is 1. The molecule has 106 valence electrons. The van der Waals surface area contributed by atoms with Crippen molar-refractivity contribution in [3.8, 4) is 5.75 Å². The molecule has 0 aliphatic rings. The first-order valence-corrected chi connectivity index (χ1v) is 6.87. The third kappa shape index (κ3) is 4.91. The summed E-state index contributed by atoms with van der Waals surface area (Å²) in [5.41, 5.74) is 6.62. The maximum Gasteiger partial charge on any atom is 0.241 e. The molecule has 0 heterocycles. The van der Waals surface area contributed by atoms with Gasteiger partial charge in [0.2, 0.25) is 5.91 Å². The van der Waals surface area contributed by atoms with Crippen molar-refractivity contribution in [2.45, 2.75) is 39.7 Å². The summed E-state index contributed by atoms with van der Waals surface area (Å²) >= 11 is 0. The highest BCUT2D eigenvalue weighted by atomic mass is 16.5. The molecule has 3 N–H and O–H groups in total. The molecular weight excluding hydrogens is 240 g/mol. The van der Waals surface area contributed by atoms with E-state index in [9.17, 15) is 4.79 Å². The molecule has 1 aromatic rings. The van der Waals surface area contributed by atoms with Gasteiger partial charge in [-0.2, -0.15) is 0 Å². The predicted octanol–water partition coefficient (Wildman–Crippen LogP) is 2.79. The molecule has 19 heavy (non-hydrogen) atoms. The Kier molecular flexibility index (Phi) is 6.36. The molecule has 1 aromatic carbocycles. The molecule has 0 fully saturated rings. The van der Waals surface area contributed by atoms with Crippen LogP contribution in [0.3, 0.4) is 0 Å². The van der Waals surface area contributed by atoms with Gasteiger partial charge in [-0.05, 0) is 36.6 Å². The summed E-state index contributed by atoms with van der Waals surface area (Å²) in [4.78, 5) is 11.9. The molecule has 0 spiro atoms. The molecule has 0 radical (unpaired) electrons. The van der Waals surface area contributed by atoms with Crippen LogP contribution in [-0.2, 0) is 4.79 Å². The van der Waals surface area contributed by atoms with Crippen molar-refractivity contribution in [1.82, 2.24) is 0 Å². The van der Waals surface area contributed by atoms with Crippen molar-refractivity contribution in [3.05, 3.63) is 24.3 Å². The molecule has 4 nitrogen and oxygen atoms in total. The highest BCUT2D eigenvalue weighted by molar-refractivity contribution is 5.94. The van der Waals surface area contributed by atoms with Crippen LogP contribution < -0.4 is 15.8 Å². The Morgan fingerprint density at radius 3 is 2.47 bits per heavy atom. The van der Waals surface area contributed by atoms with Gasteiger partial charge in [-0.25, -0.2) is 0 Å². The van der Waals surface area contributed by atoms with Gasteiger partial charge in [-0.3, -0.25) is 4.79 Å². The number of benzene rings is 1. The molecule has 1 rings (SSSR count). The van der Waals surface area contributed by atoms with E-state index in [-0.39, 0.29) is 11.8 Å². The summed E-state index contributed by atoms with van der Waals surface area (Å²) in [7, 11) is 0. The Hall–Kier alpha value is -1.55. The number of ether oxygens (including phenoxy) is 1.